The number of hydrogen-bond donors (Lipinski definition) is 0. The average molecular weight is 470 g/mol. The summed E-state index contributed by atoms with van der Waals surface area (Å²) in [7, 11) is 0. The molecule has 128 valence electrons. The Balaban J connectivity index is 1.81. The SMILES string of the molecule is Brc1cccc[n+]1Cc1cc2ccccc2cc1C[n+]1ccccc1Br. The van der Waals surface area contributed by atoms with Crippen LogP contribution in [0.15, 0.2) is 94.4 Å². The zero-order valence-corrected chi connectivity index (χ0v) is 17.3. The number of hydrogen-bond acceptors (Lipinski definition) is 0. The van der Waals surface area contributed by atoms with E-state index in [2.05, 4.69) is 114 Å². The summed E-state index contributed by atoms with van der Waals surface area (Å²) in [6, 6.07) is 25.5. The lowest BCUT2D eigenvalue weighted by Gasteiger charge is -2.09. The summed E-state index contributed by atoms with van der Waals surface area (Å²) in [6.45, 7) is 1.65. The molecule has 2 nitrogen and oxygen atoms in total. The van der Waals surface area contributed by atoms with E-state index in [0.29, 0.717) is 0 Å². The van der Waals surface area contributed by atoms with Crippen molar-refractivity contribution in [3.8, 4) is 0 Å². The summed E-state index contributed by atoms with van der Waals surface area (Å²) in [6.07, 6.45) is 4.21. The van der Waals surface area contributed by atoms with E-state index in [1.807, 2.05) is 12.1 Å². The Morgan fingerprint density at radius 3 is 1.42 bits per heavy atom. The summed E-state index contributed by atoms with van der Waals surface area (Å²) in [4.78, 5) is 0. The van der Waals surface area contributed by atoms with Crippen molar-refractivity contribution in [3.05, 3.63) is 106 Å². The van der Waals surface area contributed by atoms with Gasteiger partial charge in [-0.25, -0.2) is 0 Å². The van der Waals surface area contributed by atoms with Crippen LogP contribution in [-0.2, 0) is 13.1 Å². The van der Waals surface area contributed by atoms with E-state index in [9.17, 15) is 0 Å². The number of benzene rings is 2. The summed E-state index contributed by atoms with van der Waals surface area (Å²) >= 11 is 7.31. The van der Waals surface area contributed by atoms with E-state index in [-0.39, 0.29) is 0 Å². The normalized spacial score (nSPS) is 11.0. The van der Waals surface area contributed by atoms with Gasteiger partial charge in [-0.05, 0) is 35.0 Å². The van der Waals surface area contributed by atoms with Crippen LogP contribution in [-0.4, -0.2) is 0 Å². The van der Waals surface area contributed by atoms with E-state index in [1.165, 1.54) is 21.9 Å². The second kappa shape index (κ2) is 7.68. The Morgan fingerprint density at radius 1 is 0.577 bits per heavy atom. The van der Waals surface area contributed by atoms with Crippen LogP contribution in [0.2, 0.25) is 0 Å². The topological polar surface area (TPSA) is 7.76 Å². The van der Waals surface area contributed by atoms with Gasteiger partial charge in [-0.15, -0.1) is 0 Å². The molecule has 2 aromatic heterocycles. The first-order chi connectivity index (χ1) is 12.7. The molecule has 4 heteroatoms. The van der Waals surface area contributed by atoms with Gasteiger partial charge in [0.2, 0.25) is 9.21 Å². The number of halogens is 2. The van der Waals surface area contributed by atoms with Crippen LogP contribution in [0, 0.1) is 0 Å². The van der Waals surface area contributed by atoms with Gasteiger partial charge >= 0.3 is 0 Å². The number of aromatic nitrogens is 2. The lowest BCUT2D eigenvalue weighted by atomic mass is 10.0. The minimum Gasteiger partial charge on any atom is -0.188 e. The maximum Gasteiger partial charge on any atom is 0.248 e. The minimum atomic E-state index is 0.826. The molecule has 0 saturated heterocycles. The van der Waals surface area contributed by atoms with Crippen LogP contribution in [0.5, 0.6) is 0 Å². The molecule has 4 aromatic rings. The van der Waals surface area contributed by atoms with Crippen LogP contribution >= 0.6 is 31.9 Å². The molecule has 2 aromatic carbocycles. The molecule has 0 aliphatic heterocycles. The van der Waals surface area contributed by atoms with Crippen LogP contribution in [0.25, 0.3) is 10.8 Å². The van der Waals surface area contributed by atoms with Crippen LogP contribution < -0.4 is 9.13 Å². The number of pyridine rings is 2. The molecule has 0 aliphatic carbocycles. The molecule has 26 heavy (non-hydrogen) atoms. The first-order valence-electron chi connectivity index (χ1n) is 8.49. The molecule has 0 aliphatic rings. The minimum absolute atomic E-state index is 0.826. The predicted octanol–water partition coefficient (Wildman–Crippen LogP) is 5.04. The van der Waals surface area contributed by atoms with Crippen molar-refractivity contribution in [1.29, 1.82) is 0 Å². The van der Waals surface area contributed by atoms with Crippen molar-refractivity contribution in [3.63, 3.8) is 0 Å². The summed E-state index contributed by atoms with van der Waals surface area (Å²) < 4.78 is 6.59. The molecule has 0 N–H and O–H groups in total. The molecule has 0 amide bonds. The second-order valence-electron chi connectivity index (χ2n) is 6.27. The third-order valence-corrected chi connectivity index (χ3v) is 5.96. The van der Waals surface area contributed by atoms with E-state index >= 15 is 0 Å². The van der Waals surface area contributed by atoms with Crippen molar-refractivity contribution < 1.29 is 9.13 Å². The highest BCUT2D eigenvalue weighted by molar-refractivity contribution is 9.10. The molecular formula is C22H18Br2N2+2. The lowest BCUT2D eigenvalue weighted by molar-refractivity contribution is -0.704. The van der Waals surface area contributed by atoms with Gasteiger partial charge in [-0.1, -0.05) is 24.3 Å². The highest BCUT2D eigenvalue weighted by Crippen LogP contribution is 2.21. The van der Waals surface area contributed by atoms with Gasteiger partial charge in [0.15, 0.2) is 25.5 Å². The smallest absolute Gasteiger partial charge is 0.188 e. The zero-order valence-electron chi connectivity index (χ0n) is 14.1. The molecule has 0 radical (unpaired) electrons. The number of rotatable bonds is 4. The highest BCUT2D eigenvalue weighted by Gasteiger charge is 2.16. The standard InChI is InChI=1S/C22H18Br2N2/c23-21-9-3-5-11-25(21)15-19-13-17-7-1-2-8-18(17)14-20(19)16-26-12-6-4-10-22(26)24/h1-14H,15-16H2/q+2. The largest absolute Gasteiger partial charge is 0.248 e. The molecule has 0 fully saturated rings. The molecule has 0 bridgehead atoms. The van der Waals surface area contributed by atoms with Crippen LogP contribution in [0.4, 0.5) is 0 Å². The van der Waals surface area contributed by atoms with E-state index in [0.717, 1.165) is 22.3 Å². The fourth-order valence-corrected chi connectivity index (χ4v) is 3.96. The van der Waals surface area contributed by atoms with Gasteiger partial charge in [-0.3, -0.25) is 0 Å². The highest BCUT2D eigenvalue weighted by atomic mass is 79.9. The maximum absolute atomic E-state index is 3.66. The Labute approximate surface area is 170 Å². The number of nitrogens with zero attached hydrogens (tertiary/aromatic N) is 2. The van der Waals surface area contributed by atoms with Gasteiger partial charge in [0.05, 0.1) is 0 Å². The van der Waals surface area contributed by atoms with E-state index < -0.39 is 0 Å². The quantitative estimate of drug-likeness (QED) is 0.292. The third kappa shape index (κ3) is 3.71. The van der Waals surface area contributed by atoms with E-state index in [4.69, 9.17) is 0 Å². The molecular weight excluding hydrogens is 452 g/mol. The third-order valence-electron chi connectivity index (χ3n) is 4.52. The van der Waals surface area contributed by atoms with Crippen LogP contribution in [0.3, 0.4) is 0 Å². The number of fused-ring (bicyclic) bond motifs is 1. The van der Waals surface area contributed by atoms with Gasteiger partial charge in [0, 0.05) is 67.3 Å². The summed E-state index contributed by atoms with van der Waals surface area (Å²) in [5.41, 5.74) is 2.65. The van der Waals surface area contributed by atoms with Crippen molar-refractivity contribution in [2.24, 2.45) is 0 Å². The fourth-order valence-electron chi connectivity index (χ4n) is 3.16. The summed E-state index contributed by atoms with van der Waals surface area (Å²) in [5.74, 6) is 0. The average Bonchev–Trinajstić information content (AvgIpc) is 2.66. The van der Waals surface area contributed by atoms with Crippen LogP contribution in [0.1, 0.15) is 11.1 Å². The molecule has 0 spiro atoms. The van der Waals surface area contributed by atoms with Crippen molar-refractivity contribution in [2.45, 2.75) is 13.1 Å². The first kappa shape index (κ1) is 17.4. The summed E-state index contributed by atoms with van der Waals surface area (Å²) in [5, 5.41) is 2.55. The van der Waals surface area contributed by atoms with Gasteiger partial charge in [0.25, 0.3) is 0 Å². The fraction of sp³-hybridized carbons (Fsp3) is 0.0909. The van der Waals surface area contributed by atoms with Gasteiger partial charge in [0.1, 0.15) is 0 Å². The zero-order chi connectivity index (χ0) is 17.9. The lowest BCUT2D eigenvalue weighted by Crippen LogP contribution is -2.38. The van der Waals surface area contributed by atoms with Crippen molar-refractivity contribution >= 4 is 42.6 Å². The first-order valence-corrected chi connectivity index (χ1v) is 10.1. The maximum atomic E-state index is 3.66. The Bertz CT molecular complexity index is 990. The molecule has 4 rings (SSSR count). The monoisotopic (exact) mass is 468 g/mol. The van der Waals surface area contributed by atoms with Crippen molar-refractivity contribution in [1.82, 2.24) is 0 Å². The van der Waals surface area contributed by atoms with Gasteiger partial charge < -0.3 is 0 Å². The van der Waals surface area contributed by atoms with E-state index in [1.54, 1.807) is 0 Å². The molecule has 0 unspecified atom stereocenters. The van der Waals surface area contributed by atoms with Gasteiger partial charge in [-0.2, -0.15) is 9.13 Å². The predicted molar refractivity (Wildman–Crippen MR) is 111 cm³/mol. The van der Waals surface area contributed by atoms with Crippen molar-refractivity contribution in [2.75, 3.05) is 0 Å². The molecule has 0 saturated carbocycles. The Hall–Kier alpha value is -2.04. The Kier molecular flexibility index (Phi) is 5.14. The second-order valence-corrected chi connectivity index (χ2v) is 7.90. The molecule has 2 heterocycles. The Morgan fingerprint density at radius 2 is 1.00 bits per heavy atom. The molecule has 0 atom stereocenters.